The number of nitrogens with one attached hydrogen (secondary N) is 1. The Bertz CT molecular complexity index is 299. The van der Waals surface area contributed by atoms with E-state index in [0.717, 1.165) is 18.0 Å². The second-order valence-corrected chi connectivity index (χ2v) is 5.07. The fourth-order valence-electron chi connectivity index (χ4n) is 1.14. The molecule has 0 aliphatic rings. The highest BCUT2D eigenvalue weighted by Gasteiger charge is 2.18. The highest BCUT2D eigenvalue weighted by molar-refractivity contribution is 5.08. The van der Waals surface area contributed by atoms with Gasteiger partial charge in [0.15, 0.2) is 0 Å². The minimum atomic E-state index is 0.0676. The molecule has 0 radical (unpaired) electrons. The van der Waals surface area contributed by atoms with E-state index in [-0.39, 0.29) is 5.41 Å². The van der Waals surface area contributed by atoms with Gasteiger partial charge in [-0.3, -0.25) is 0 Å². The molecule has 1 N–H and O–H groups in total. The Balaban J connectivity index is 2.54. The summed E-state index contributed by atoms with van der Waals surface area (Å²) in [4.78, 5) is 4.46. The second kappa shape index (κ2) is 4.79. The van der Waals surface area contributed by atoms with Gasteiger partial charge in [-0.1, -0.05) is 27.7 Å². The zero-order chi connectivity index (χ0) is 11.5. The fourth-order valence-corrected chi connectivity index (χ4v) is 1.14. The van der Waals surface area contributed by atoms with Crippen LogP contribution in [0.25, 0.3) is 0 Å². The summed E-state index contributed by atoms with van der Waals surface area (Å²) in [6.07, 6.45) is 2.88. The number of aromatic nitrogens is 1. The van der Waals surface area contributed by atoms with E-state index in [1.807, 2.05) is 0 Å². The maximum atomic E-state index is 5.41. The largest absolute Gasteiger partial charge is 0.447 e. The average Bonchev–Trinajstić information content (AvgIpc) is 2.61. The van der Waals surface area contributed by atoms with E-state index in [9.17, 15) is 0 Å². The van der Waals surface area contributed by atoms with Crippen LogP contribution >= 0.6 is 0 Å². The van der Waals surface area contributed by atoms with Gasteiger partial charge in [-0.2, -0.15) is 0 Å². The summed E-state index contributed by atoms with van der Waals surface area (Å²) in [5, 5.41) is 3.36. The van der Waals surface area contributed by atoms with Crippen molar-refractivity contribution in [2.75, 3.05) is 0 Å². The third-order valence-corrected chi connectivity index (χ3v) is 2.53. The van der Waals surface area contributed by atoms with E-state index in [0.29, 0.717) is 12.6 Å². The molecule has 0 aliphatic carbocycles. The standard InChI is InChI=1S/C12H22N2O/c1-6-9(2)13-7-11-14-10(8-15-11)12(3,4)5/h8-9,13H,6-7H2,1-5H3. The van der Waals surface area contributed by atoms with E-state index in [1.54, 1.807) is 6.26 Å². The van der Waals surface area contributed by atoms with Gasteiger partial charge in [0.2, 0.25) is 5.89 Å². The van der Waals surface area contributed by atoms with E-state index in [1.165, 1.54) is 0 Å². The van der Waals surface area contributed by atoms with Gasteiger partial charge < -0.3 is 9.73 Å². The normalized spacial score (nSPS) is 14.2. The van der Waals surface area contributed by atoms with Crippen LogP contribution in [0.5, 0.6) is 0 Å². The molecular formula is C12H22N2O. The first-order valence-corrected chi connectivity index (χ1v) is 5.61. The highest BCUT2D eigenvalue weighted by Crippen LogP contribution is 2.20. The molecular weight excluding hydrogens is 188 g/mol. The van der Waals surface area contributed by atoms with Gasteiger partial charge >= 0.3 is 0 Å². The first-order chi connectivity index (χ1) is 6.93. The van der Waals surface area contributed by atoms with Crippen molar-refractivity contribution < 1.29 is 4.42 Å². The molecule has 1 aromatic rings. The molecule has 3 heteroatoms. The summed E-state index contributed by atoms with van der Waals surface area (Å²) >= 11 is 0. The van der Waals surface area contributed by atoms with Crippen LogP contribution in [0.2, 0.25) is 0 Å². The van der Waals surface area contributed by atoms with E-state index >= 15 is 0 Å². The molecule has 0 spiro atoms. The summed E-state index contributed by atoms with van der Waals surface area (Å²) in [7, 11) is 0. The van der Waals surface area contributed by atoms with E-state index < -0.39 is 0 Å². The van der Waals surface area contributed by atoms with Gasteiger partial charge in [0.1, 0.15) is 6.26 Å². The Kier molecular flexibility index (Phi) is 3.91. The molecule has 1 unspecified atom stereocenters. The molecule has 1 aromatic heterocycles. The molecule has 1 rings (SSSR count). The van der Waals surface area contributed by atoms with Crippen LogP contribution in [0.3, 0.4) is 0 Å². The average molecular weight is 210 g/mol. The lowest BCUT2D eigenvalue weighted by Gasteiger charge is -2.13. The molecule has 1 atom stereocenters. The maximum absolute atomic E-state index is 5.41. The van der Waals surface area contributed by atoms with Crippen molar-refractivity contribution in [3.8, 4) is 0 Å². The molecule has 0 fully saturated rings. The first-order valence-electron chi connectivity index (χ1n) is 5.61. The monoisotopic (exact) mass is 210 g/mol. The summed E-state index contributed by atoms with van der Waals surface area (Å²) in [5.41, 5.74) is 1.08. The number of nitrogens with zero attached hydrogens (tertiary/aromatic N) is 1. The van der Waals surface area contributed by atoms with Crippen LogP contribution in [0, 0.1) is 0 Å². The van der Waals surface area contributed by atoms with Gasteiger partial charge in [0.05, 0.1) is 12.2 Å². The Morgan fingerprint density at radius 2 is 2.13 bits per heavy atom. The Hall–Kier alpha value is -0.830. The number of hydrogen-bond donors (Lipinski definition) is 1. The molecule has 86 valence electrons. The molecule has 1 heterocycles. The van der Waals surface area contributed by atoms with E-state index in [2.05, 4.69) is 44.9 Å². The van der Waals surface area contributed by atoms with Gasteiger partial charge in [0.25, 0.3) is 0 Å². The fraction of sp³-hybridized carbons (Fsp3) is 0.750. The van der Waals surface area contributed by atoms with Crippen LogP contribution in [-0.4, -0.2) is 11.0 Å². The lowest BCUT2D eigenvalue weighted by Crippen LogP contribution is -2.24. The quantitative estimate of drug-likeness (QED) is 0.830. The van der Waals surface area contributed by atoms with Crippen molar-refractivity contribution in [3.05, 3.63) is 17.8 Å². The van der Waals surface area contributed by atoms with Crippen LogP contribution in [0.1, 0.15) is 52.6 Å². The number of rotatable bonds is 4. The van der Waals surface area contributed by atoms with Crippen LogP contribution in [0.15, 0.2) is 10.7 Å². The topological polar surface area (TPSA) is 38.1 Å². The summed E-state index contributed by atoms with van der Waals surface area (Å²) in [6.45, 7) is 11.4. The Labute approximate surface area is 92.3 Å². The van der Waals surface area contributed by atoms with Gasteiger partial charge in [0, 0.05) is 11.5 Å². The van der Waals surface area contributed by atoms with Crippen LogP contribution < -0.4 is 5.32 Å². The van der Waals surface area contributed by atoms with Crippen molar-refractivity contribution in [2.24, 2.45) is 0 Å². The molecule has 0 saturated carbocycles. The predicted molar refractivity (Wildman–Crippen MR) is 61.8 cm³/mol. The summed E-state index contributed by atoms with van der Waals surface area (Å²) in [5.74, 6) is 0.778. The third-order valence-electron chi connectivity index (χ3n) is 2.53. The van der Waals surface area contributed by atoms with Crippen molar-refractivity contribution in [1.29, 1.82) is 0 Å². The second-order valence-electron chi connectivity index (χ2n) is 5.07. The Morgan fingerprint density at radius 3 is 2.60 bits per heavy atom. The van der Waals surface area contributed by atoms with Crippen LogP contribution in [0.4, 0.5) is 0 Å². The first kappa shape index (κ1) is 12.2. The maximum Gasteiger partial charge on any atom is 0.208 e. The molecule has 3 nitrogen and oxygen atoms in total. The summed E-state index contributed by atoms with van der Waals surface area (Å²) < 4.78 is 5.41. The van der Waals surface area contributed by atoms with Crippen molar-refractivity contribution in [1.82, 2.24) is 10.3 Å². The van der Waals surface area contributed by atoms with Crippen molar-refractivity contribution >= 4 is 0 Å². The molecule has 0 aromatic carbocycles. The van der Waals surface area contributed by atoms with Crippen molar-refractivity contribution in [2.45, 2.75) is 59.0 Å². The van der Waals surface area contributed by atoms with Gasteiger partial charge in [-0.25, -0.2) is 4.98 Å². The Morgan fingerprint density at radius 1 is 1.47 bits per heavy atom. The predicted octanol–water partition coefficient (Wildman–Crippen LogP) is 2.86. The minimum absolute atomic E-state index is 0.0676. The number of oxazole rings is 1. The molecule has 15 heavy (non-hydrogen) atoms. The third kappa shape index (κ3) is 3.67. The minimum Gasteiger partial charge on any atom is -0.447 e. The van der Waals surface area contributed by atoms with E-state index in [4.69, 9.17) is 4.42 Å². The van der Waals surface area contributed by atoms with Crippen LogP contribution in [-0.2, 0) is 12.0 Å². The molecule has 0 bridgehead atoms. The summed E-state index contributed by atoms with van der Waals surface area (Å²) in [6, 6.07) is 0.509. The van der Waals surface area contributed by atoms with Gasteiger partial charge in [-0.05, 0) is 13.3 Å². The molecule has 0 saturated heterocycles. The highest BCUT2D eigenvalue weighted by atomic mass is 16.3. The zero-order valence-corrected chi connectivity index (χ0v) is 10.4. The number of hydrogen-bond acceptors (Lipinski definition) is 3. The molecule has 0 amide bonds. The smallest absolute Gasteiger partial charge is 0.208 e. The van der Waals surface area contributed by atoms with Crippen molar-refractivity contribution in [3.63, 3.8) is 0 Å². The lowest BCUT2D eigenvalue weighted by atomic mass is 9.93. The zero-order valence-electron chi connectivity index (χ0n) is 10.4. The lowest BCUT2D eigenvalue weighted by molar-refractivity contribution is 0.437. The molecule has 0 aliphatic heterocycles. The van der Waals surface area contributed by atoms with Gasteiger partial charge in [-0.15, -0.1) is 0 Å². The SMILES string of the molecule is CCC(C)NCc1nc(C(C)(C)C)co1.